The Hall–Kier alpha value is -1.24. The summed E-state index contributed by atoms with van der Waals surface area (Å²) in [6.45, 7) is 4.26. The van der Waals surface area contributed by atoms with Crippen LogP contribution in [-0.4, -0.2) is 24.2 Å². The summed E-state index contributed by atoms with van der Waals surface area (Å²) < 4.78 is 0.953. The van der Waals surface area contributed by atoms with Crippen molar-refractivity contribution in [3.05, 3.63) is 34.3 Å². The first-order valence-electron chi connectivity index (χ1n) is 7.15. The van der Waals surface area contributed by atoms with E-state index in [-0.39, 0.29) is 5.91 Å². The van der Waals surface area contributed by atoms with E-state index in [4.69, 9.17) is 0 Å². The van der Waals surface area contributed by atoms with Crippen LogP contribution in [0.2, 0.25) is 0 Å². The lowest BCUT2D eigenvalue weighted by Gasteiger charge is -2.16. The summed E-state index contributed by atoms with van der Waals surface area (Å²) in [5, 5.41) is 4.00. The quantitative estimate of drug-likeness (QED) is 0.562. The van der Waals surface area contributed by atoms with Gasteiger partial charge in [-0.25, -0.2) is 5.43 Å². The van der Waals surface area contributed by atoms with Crippen molar-refractivity contribution in [1.82, 2.24) is 16.3 Å². The van der Waals surface area contributed by atoms with Crippen LogP contribution in [0.5, 0.6) is 0 Å². The Bertz CT molecular complexity index is 510. The van der Waals surface area contributed by atoms with Crippen molar-refractivity contribution in [2.75, 3.05) is 0 Å². The molecular weight excluding hydrogens is 332 g/mol. The number of hydrazine groups is 1. The number of carbonyl (C=O) groups is 1. The maximum atomic E-state index is 11.8. The highest BCUT2D eigenvalue weighted by atomic mass is 79.9. The van der Waals surface area contributed by atoms with Crippen LogP contribution in [0.15, 0.2) is 33.8 Å². The zero-order valence-corrected chi connectivity index (χ0v) is 13.9. The molecule has 0 aromatic heterocycles. The molecule has 1 aromatic rings. The van der Waals surface area contributed by atoms with Gasteiger partial charge in [0.05, 0.1) is 6.21 Å². The smallest absolute Gasteiger partial charge is 0.240 e. The van der Waals surface area contributed by atoms with E-state index in [9.17, 15) is 4.79 Å². The number of rotatable bonds is 5. The third-order valence-corrected chi connectivity index (χ3v) is 4.55. The van der Waals surface area contributed by atoms with Gasteiger partial charge in [-0.1, -0.05) is 34.1 Å². The summed E-state index contributed by atoms with van der Waals surface area (Å²) in [6, 6.07) is 8.50. The van der Waals surface area contributed by atoms with Gasteiger partial charge in [0, 0.05) is 28.5 Å². The van der Waals surface area contributed by atoms with Gasteiger partial charge in [-0.3, -0.25) is 15.6 Å². The zero-order chi connectivity index (χ0) is 15.2. The molecule has 1 saturated heterocycles. The summed E-state index contributed by atoms with van der Waals surface area (Å²) in [5.41, 5.74) is 9.91. The van der Waals surface area contributed by atoms with E-state index < -0.39 is 0 Å². The number of amides is 1. The van der Waals surface area contributed by atoms with Gasteiger partial charge in [0.15, 0.2) is 0 Å². The molecule has 1 aliphatic heterocycles. The number of nitrogens with one attached hydrogen (secondary N) is 3. The first kappa shape index (κ1) is 16.1. The van der Waals surface area contributed by atoms with Crippen LogP contribution in [0, 0.1) is 5.92 Å². The van der Waals surface area contributed by atoms with Crippen molar-refractivity contribution in [1.29, 1.82) is 0 Å². The molecule has 0 aliphatic carbocycles. The fraction of sp³-hybridized carbons (Fsp3) is 0.467. The highest BCUT2D eigenvalue weighted by molar-refractivity contribution is 9.10. The lowest BCUT2D eigenvalue weighted by molar-refractivity contribution is -0.121. The van der Waals surface area contributed by atoms with E-state index in [0.717, 1.165) is 16.5 Å². The molecule has 114 valence electrons. The molecule has 1 fully saturated rings. The Balaban J connectivity index is 1.76. The second-order valence-corrected chi connectivity index (χ2v) is 6.24. The zero-order valence-electron chi connectivity index (χ0n) is 12.3. The normalized spacial score (nSPS) is 25.4. The first-order valence-corrected chi connectivity index (χ1v) is 7.94. The molecule has 1 aliphatic rings. The van der Waals surface area contributed by atoms with Gasteiger partial charge in [0.1, 0.15) is 0 Å². The molecule has 0 saturated carbocycles. The van der Waals surface area contributed by atoms with Gasteiger partial charge >= 0.3 is 0 Å². The fourth-order valence-corrected chi connectivity index (χ4v) is 2.90. The minimum Gasteiger partial charge on any atom is -0.273 e. The fourth-order valence-electron chi connectivity index (χ4n) is 2.52. The van der Waals surface area contributed by atoms with Crippen LogP contribution in [0.3, 0.4) is 0 Å². The molecular formula is C15H21BrN4O. The Morgan fingerprint density at radius 1 is 1.33 bits per heavy atom. The van der Waals surface area contributed by atoms with Crippen molar-refractivity contribution >= 4 is 28.1 Å². The summed E-state index contributed by atoms with van der Waals surface area (Å²) in [5.74, 6) is 0.410. The molecule has 0 spiro atoms. The SMILES string of the molecule is CC1NNC(C)C1CCC(=O)N/N=C\c1ccccc1Br. The standard InChI is InChI=1S/C15H21BrN4O/c1-10-13(11(2)19-18-10)7-8-15(21)20-17-9-12-5-3-4-6-14(12)16/h3-6,9-11,13,18-19H,7-8H2,1-2H3,(H,20,21)/b17-9-. The average molecular weight is 353 g/mol. The molecule has 5 nitrogen and oxygen atoms in total. The van der Waals surface area contributed by atoms with Crippen LogP contribution >= 0.6 is 15.9 Å². The molecule has 2 rings (SSSR count). The molecule has 2 atom stereocenters. The third-order valence-electron chi connectivity index (χ3n) is 3.83. The van der Waals surface area contributed by atoms with Gasteiger partial charge in [-0.15, -0.1) is 0 Å². The van der Waals surface area contributed by atoms with Gasteiger partial charge in [-0.05, 0) is 32.3 Å². The highest BCUT2D eigenvalue weighted by Crippen LogP contribution is 2.19. The largest absolute Gasteiger partial charge is 0.273 e. The molecule has 1 amide bonds. The van der Waals surface area contributed by atoms with Crippen molar-refractivity contribution in [2.45, 2.75) is 38.8 Å². The van der Waals surface area contributed by atoms with Gasteiger partial charge in [0.25, 0.3) is 0 Å². The van der Waals surface area contributed by atoms with E-state index in [1.165, 1.54) is 0 Å². The molecule has 1 aromatic carbocycles. The number of benzene rings is 1. The van der Waals surface area contributed by atoms with Gasteiger partial charge in [0.2, 0.25) is 5.91 Å². The molecule has 1 heterocycles. The van der Waals surface area contributed by atoms with Crippen LogP contribution < -0.4 is 16.3 Å². The predicted molar refractivity (Wildman–Crippen MR) is 87.8 cm³/mol. The summed E-state index contributed by atoms with van der Waals surface area (Å²) in [7, 11) is 0. The number of hydrazone groups is 1. The second-order valence-electron chi connectivity index (χ2n) is 5.38. The summed E-state index contributed by atoms with van der Waals surface area (Å²) >= 11 is 3.43. The second kappa shape index (κ2) is 7.68. The average Bonchev–Trinajstić information content (AvgIpc) is 2.78. The number of halogens is 1. The van der Waals surface area contributed by atoms with Crippen molar-refractivity contribution in [2.24, 2.45) is 11.0 Å². The van der Waals surface area contributed by atoms with E-state index >= 15 is 0 Å². The Kier molecular flexibility index (Phi) is 5.90. The predicted octanol–water partition coefficient (Wildman–Crippen LogP) is 2.18. The van der Waals surface area contributed by atoms with E-state index in [1.807, 2.05) is 24.3 Å². The molecule has 0 bridgehead atoms. The maximum Gasteiger partial charge on any atom is 0.240 e. The molecule has 3 N–H and O–H groups in total. The monoisotopic (exact) mass is 352 g/mol. The van der Waals surface area contributed by atoms with Crippen LogP contribution in [0.1, 0.15) is 32.3 Å². The summed E-state index contributed by atoms with van der Waals surface area (Å²) in [4.78, 5) is 11.8. The van der Waals surface area contributed by atoms with E-state index in [1.54, 1.807) is 6.21 Å². The van der Waals surface area contributed by atoms with Gasteiger partial charge < -0.3 is 0 Å². The Labute approximate surface area is 133 Å². The lowest BCUT2D eigenvalue weighted by Crippen LogP contribution is -2.30. The van der Waals surface area contributed by atoms with Gasteiger partial charge in [-0.2, -0.15) is 5.10 Å². The minimum absolute atomic E-state index is 0.0513. The first-order chi connectivity index (χ1) is 10.1. The van der Waals surface area contributed by atoms with Crippen molar-refractivity contribution in [3.63, 3.8) is 0 Å². The topological polar surface area (TPSA) is 65.5 Å². The van der Waals surface area contributed by atoms with E-state index in [0.29, 0.717) is 24.4 Å². The summed E-state index contributed by atoms with van der Waals surface area (Å²) in [6.07, 6.45) is 2.97. The molecule has 2 unspecified atom stereocenters. The lowest BCUT2D eigenvalue weighted by atomic mass is 9.91. The number of hydrogen-bond donors (Lipinski definition) is 3. The van der Waals surface area contributed by atoms with Crippen LogP contribution in [-0.2, 0) is 4.79 Å². The molecule has 21 heavy (non-hydrogen) atoms. The van der Waals surface area contributed by atoms with Crippen molar-refractivity contribution in [3.8, 4) is 0 Å². The molecule has 6 heteroatoms. The van der Waals surface area contributed by atoms with Crippen LogP contribution in [0.25, 0.3) is 0 Å². The molecule has 0 radical (unpaired) electrons. The Morgan fingerprint density at radius 3 is 2.67 bits per heavy atom. The number of hydrogen-bond acceptors (Lipinski definition) is 4. The third kappa shape index (κ3) is 4.62. The number of nitrogens with zero attached hydrogens (tertiary/aromatic N) is 1. The van der Waals surface area contributed by atoms with Crippen LogP contribution in [0.4, 0.5) is 0 Å². The maximum absolute atomic E-state index is 11.8. The van der Waals surface area contributed by atoms with Crippen molar-refractivity contribution < 1.29 is 4.79 Å². The highest BCUT2D eigenvalue weighted by Gasteiger charge is 2.29. The number of carbonyl (C=O) groups excluding carboxylic acids is 1. The van der Waals surface area contributed by atoms with E-state index in [2.05, 4.69) is 51.2 Å². The Morgan fingerprint density at radius 2 is 2.00 bits per heavy atom. The minimum atomic E-state index is -0.0513.